The molecule has 0 aliphatic rings. The van der Waals surface area contributed by atoms with Gasteiger partial charge in [-0.1, -0.05) is 42.5 Å². The summed E-state index contributed by atoms with van der Waals surface area (Å²) in [7, 11) is 1.37. The fourth-order valence-corrected chi connectivity index (χ4v) is 2.38. The van der Waals surface area contributed by atoms with Gasteiger partial charge in [0, 0.05) is 13.7 Å². The maximum absolute atomic E-state index is 12.3. The second kappa shape index (κ2) is 11.1. The van der Waals surface area contributed by atoms with Crippen molar-refractivity contribution < 1.29 is 37.0 Å². The van der Waals surface area contributed by atoms with E-state index in [1.165, 1.54) is 19.2 Å². The van der Waals surface area contributed by atoms with E-state index in [0.717, 1.165) is 17.7 Å². The summed E-state index contributed by atoms with van der Waals surface area (Å²) < 4.78 is 50.3. The molecule has 2 rings (SSSR count). The first-order chi connectivity index (χ1) is 14.3. The van der Waals surface area contributed by atoms with Gasteiger partial charge in [-0.15, -0.1) is 13.2 Å². The summed E-state index contributed by atoms with van der Waals surface area (Å²) in [6.07, 6.45) is -5.56. The van der Waals surface area contributed by atoms with Gasteiger partial charge in [-0.05, 0) is 23.3 Å². The van der Waals surface area contributed by atoms with Crippen molar-refractivity contribution in [3.05, 3.63) is 65.7 Å². The van der Waals surface area contributed by atoms with Crippen molar-refractivity contribution in [2.45, 2.75) is 25.6 Å². The van der Waals surface area contributed by atoms with Crippen molar-refractivity contribution >= 4 is 12.0 Å². The van der Waals surface area contributed by atoms with Gasteiger partial charge in [0.2, 0.25) is 5.91 Å². The third-order valence-electron chi connectivity index (χ3n) is 3.78. The standard InChI is InChI=1S/C20H21F3N2O5/c1-28-13-17(25-19(27)29-12-15-5-3-2-4-6-15)18(26)24-11-14-7-9-16(10-8-14)30-20(21,22)23/h2-10,17H,11-13H2,1H3,(H,24,26)(H,25,27)/t17-/m1/s1. The Labute approximate surface area is 171 Å². The van der Waals surface area contributed by atoms with E-state index < -0.39 is 24.4 Å². The van der Waals surface area contributed by atoms with Gasteiger partial charge in [0.25, 0.3) is 0 Å². The van der Waals surface area contributed by atoms with E-state index in [1.54, 1.807) is 24.3 Å². The third kappa shape index (κ3) is 8.39. The second-order valence-electron chi connectivity index (χ2n) is 6.12. The van der Waals surface area contributed by atoms with E-state index in [2.05, 4.69) is 15.4 Å². The highest BCUT2D eigenvalue weighted by atomic mass is 19.4. The first kappa shape index (κ1) is 23.0. The predicted octanol–water partition coefficient (Wildman–Crippen LogP) is 3.14. The highest BCUT2D eigenvalue weighted by Crippen LogP contribution is 2.22. The monoisotopic (exact) mass is 426 g/mol. The lowest BCUT2D eigenvalue weighted by Gasteiger charge is -2.18. The maximum Gasteiger partial charge on any atom is 0.573 e. The van der Waals surface area contributed by atoms with Crippen LogP contribution in [0.25, 0.3) is 0 Å². The topological polar surface area (TPSA) is 85.9 Å². The van der Waals surface area contributed by atoms with E-state index in [1.807, 2.05) is 6.07 Å². The molecule has 2 amide bonds. The highest BCUT2D eigenvalue weighted by Gasteiger charge is 2.31. The zero-order chi connectivity index (χ0) is 22.0. The number of ether oxygens (including phenoxy) is 3. The van der Waals surface area contributed by atoms with Crippen LogP contribution in [0.1, 0.15) is 11.1 Å². The number of methoxy groups -OCH3 is 1. The number of benzene rings is 2. The molecule has 7 nitrogen and oxygen atoms in total. The van der Waals surface area contributed by atoms with Crippen molar-refractivity contribution in [3.63, 3.8) is 0 Å². The van der Waals surface area contributed by atoms with Crippen LogP contribution in [0.5, 0.6) is 5.75 Å². The zero-order valence-electron chi connectivity index (χ0n) is 16.1. The molecule has 10 heteroatoms. The summed E-state index contributed by atoms with van der Waals surface area (Å²) in [6, 6.07) is 13.1. The molecule has 30 heavy (non-hydrogen) atoms. The molecule has 0 aliphatic carbocycles. The summed E-state index contributed by atoms with van der Waals surface area (Å²) in [5, 5.41) is 4.99. The molecule has 0 saturated heterocycles. The number of hydrogen-bond acceptors (Lipinski definition) is 5. The zero-order valence-corrected chi connectivity index (χ0v) is 16.1. The van der Waals surface area contributed by atoms with Crippen molar-refractivity contribution in [3.8, 4) is 5.75 Å². The number of alkyl carbamates (subject to hydrolysis) is 1. The Morgan fingerprint density at radius 2 is 1.67 bits per heavy atom. The Morgan fingerprint density at radius 1 is 1.00 bits per heavy atom. The first-order valence-corrected chi connectivity index (χ1v) is 8.85. The lowest BCUT2D eigenvalue weighted by Crippen LogP contribution is -2.49. The van der Waals surface area contributed by atoms with Crippen LogP contribution in [0.4, 0.5) is 18.0 Å². The van der Waals surface area contributed by atoms with Gasteiger partial charge in [-0.25, -0.2) is 4.79 Å². The van der Waals surface area contributed by atoms with E-state index in [9.17, 15) is 22.8 Å². The SMILES string of the molecule is COC[C@@H](NC(=O)OCc1ccccc1)C(=O)NCc1ccc(OC(F)(F)F)cc1. The van der Waals surface area contributed by atoms with Crippen molar-refractivity contribution in [2.24, 2.45) is 0 Å². The molecule has 0 aliphatic heterocycles. The van der Waals surface area contributed by atoms with Crippen LogP contribution >= 0.6 is 0 Å². The third-order valence-corrected chi connectivity index (χ3v) is 3.78. The molecule has 0 fully saturated rings. The van der Waals surface area contributed by atoms with E-state index in [0.29, 0.717) is 5.56 Å². The summed E-state index contributed by atoms with van der Waals surface area (Å²) >= 11 is 0. The Hall–Kier alpha value is -3.27. The maximum atomic E-state index is 12.3. The van der Waals surface area contributed by atoms with Gasteiger partial charge in [-0.2, -0.15) is 0 Å². The van der Waals surface area contributed by atoms with E-state index in [4.69, 9.17) is 9.47 Å². The fourth-order valence-electron chi connectivity index (χ4n) is 2.38. The molecule has 0 spiro atoms. The molecular weight excluding hydrogens is 405 g/mol. The smallest absolute Gasteiger partial charge is 0.445 e. The van der Waals surface area contributed by atoms with Crippen molar-refractivity contribution in [2.75, 3.05) is 13.7 Å². The van der Waals surface area contributed by atoms with Crippen molar-refractivity contribution in [1.82, 2.24) is 10.6 Å². The van der Waals surface area contributed by atoms with Gasteiger partial charge in [0.15, 0.2) is 0 Å². The summed E-state index contributed by atoms with van der Waals surface area (Å²) in [4.78, 5) is 24.3. The van der Waals surface area contributed by atoms with Gasteiger partial charge >= 0.3 is 12.5 Å². The second-order valence-corrected chi connectivity index (χ2v) is 6.12. The molecule has 1 atom stereocenters. The van der Waals surface area contributed by atoms with Gasteiger partial charge in [0.1, 0.15) is 18.4 Å². The largest absolute Gasteiger partial charge is 0.573 e. The molecule has 0 radical (unpaired) electrons. The van der Waals surface area contributed by atoms with Crippen LogP contribution in [0.2, 0.25) is 0 Å². The van der Waals surface area contributed by atoms with Crippen LogP contribution in [-0.4, -0.2) is 38.1 Å². The Morgan fingerprint density at radius 3 is 2.27 bits per heavy atom. The van der Waals surface area contributed by atoms with E-state index in [-0.39, 0.29) is 25.5 Å². The number of amides is 2. The fraction of sp³-hybridized carbons (Fsp3) is 0.300. The predicted molar refractivity (Wildman–Crippen MR) is 100 cm³/mol. The molecule has 2 N–H and O–H groups in total. The quantitative estimate of drug-likeness (QED) is 0.644. The molecule has 2 aromatic carbocycles. The molecule has 0 aromatic heterocycles. The molecule has 162 valence electrons. The lowest BCUT2D eigenvalue weighted by atomic mass is 10.2. The average molecular weight is 426 g/mol. The van der Waals surface area contributed by atoms with Gasteiger partial charge in [0.05, 0.1) is 6.61 Å². The van der Waals surface area contributed by atoms with Crippen LogP contribution in [0, 0.1) is 0 Å². The lowest BCUT2D eigenvalue weighted by molar-refractivity contribution is -0.274. The first-order valence-electron chi connectivity index (χ1n) is 8.85. The number of nitrogens with one attached hydrogen (secondary N) is 2. The summed E-state index contributed by atoms with van der Waals surface area (Å²) in [5.74, 6) is -0.901. The Balaban J connectivity index is 1.83. The number of carbonyl (C=O) groups excluding carboxylic acids is 2. The average Bonchev–Trinajstić information content (AvgIpc) is 2.71. The molecule has 2 aromatic rings. The Kier molecular flexibility index (Phi) is 8.48. The number of alkyl halides is 3. The summed E-state index contributed by atoms with van der Waals surface area (Å²) in [5.41, 5.74) is 1.33. The minimum absolute atomic E-state index is 0.0338. The number of rotatable bonds is 9. The van der Waals surface area contributed by atoms with Crippen LogP contribution in [0.15, 0.2) is 54.6 Å². The minimum atomic E-state index is -4.77. The van der Waals surface area contributed by atoms with Crippen LogP contribution < -0.4 is 15.4 Å². The molecule has 0 unspecified atom stereocenters. The number of halogens is 3. The normalized spacial score (nSPS) is 12.0. The number of hydrogen-bond donors (Lipinski definition) is 2. The van der Waals surface area contributed by atoms with Crippen LogP contribution in [-0.2, 0) is 27.4 Å². The minimum Gasteiger partial charge on any atom is -0.445 e. The molecule has 0 saturated carbocycles. The van der Waals surface area contributed by atoms with Crippen LogP contribution in [0.3, 0.4) is 0 Å². The van der Waals surface area contributed by atoms with Gasteiger partial charge in [-0.3, -0.25) is 4.79 Å². The summed E-state index contributed by atoms with van der Waals surface area (Å²) in [6.45, 7) is -0.0168. The highest BCUT2D eigenvalue weighted by molar-refractivity contribution is 5.85. The van der Waals surface area contributed by atoms with Crippen molar-refractivity contribution in [1.29, 1.82) is 0 Å². The molecule has 0 bridgehead atoms. The Bertz CT molecular complexity index is 813. The number of carbonyl (C=O) groups is 2. The molecular formula is C20H21F3N2O5. The van der Waals surface area contributed by atoms with E-state index >= 15 is 0 Å². The molecule has 0 heterocycles. The van der Waals surface area contributed by atoms with Gasteiger partial charge < -0.3 is 24.8 Å².